The number of hydrogen-bond donors (Lipinski definition) is 1. The zero-order valence-corrected chi connectivity index (χ0v) is 18.7. The Morgan fingerprint density at radius 3 is 2.62 bits per heavy atom. The number of hydrogen-bond acceptors (Lipinski definition) is 4. The summed E-state index contributed by atoms with van der Waals surface area (Å²) in [6, 6.07) is 24.1. The normalized spacial score (nSPS) is 15.4. The molecule has 1 saturated heterocycles. The van der Waals surface area contributed by atoms with E-state index in [1.165, 1.54) is 11.3 Å². The molecule has 6 heteroatoms. The Labute approximate surface area is 193 Å². The highest BCUT2D eigenvalue weighted by Crippen LogP contribution is 2.35. The van der Waals surface area contributed by atoms with Crippen molar-refractivity contribution in [3.8, 4) is 0 Å². The molecule has 2 aromatic carbocycles. The molecule has 1 fully saturated rings. The summed E-state index contributed by atoms with van der Waals surface area (Å²) in [5.74, 6) is 0.309. The molecule has 1 aliphatic heterocycles. The van der Waals surface area contributed by atoms with Crippen LogP contribution in [0.15, 0.2) is 79.0 Å². The third kappa shape index (κ3) is 4.43. The van der Waals surface area contributed by atoms with Crippen LogP contribution in [0, 0.1) is 6.92 Å². The number of amides is 1. The van der Waals surface area contributed by atoms with Crippen LogP contribution < -0.4 is 10.2 Å². The van der Waals surface area contributed by atoms with E-state index in [0.29, 0.717) is 11.6 Å². The van der Waals surface area contributed by atoms with Crippen LogP contribution in [-0.4, -0.2) is 29.0 Å². The molecule has 1 N–H and O–H groups in total. The number of carbonyl (C=O) groups excluding carboxylic acids is 1. The lowest BCUT2D eigenvalue weighted by Gasteiger charge is -2.22. The fourth-order valence-electron chi connectivity index (χ4n) is 4.34. The Morgan fingerprint density at radius 1 is 1.03 bits per heavy atom. The Morgan fingerprint density at radius 2 is 1.84 bits per heavy atom. The number of halogens is 1. The molecule has 4 aromatic rings. The van der Waals surface area contributed by atoms with Gasteiger partial charge in [-0.15, -0.1) is 12.4 Å². The Hall–Kier alpha value is -3.44. The first-order valence-electron chi connectivity index (χ1n) is 10.6. The molecule has 1 aliphatic rings. The van der Waals surface area contributed by atoms with Gasteiger partial charge >= 0.3 is 0 Å². The third-order valence-corrected chi connectivity index (χ3v) is 5.87. The van der Waals surface area contributed by atoms with Crippen LogP contribution in [0.5, 0.6) is 0 Å². The van der Waals surface area contributed by atoms with E-state index in [1.807, 2.05) is 31.2 Å². The topological polar surface area (TPSA) is 58.1 Å². The van der Waals surface area contributed by atoms with Gasteiger partial charge in [0, 0.05) is 47.7 Å². The highest BCUT2D eigenvalue weighted by molar-refractivity contribution is 6.04. The lowest BCUT2D eigenvalue weighted by atomic mass is 9.99. The molecule has 162 valence electrons. The average Bonchev–Trinajstić information content (AvgIpc) is 3.30. The average molecular weight is 445 g/mol. The van der Waals surface area contributed by atoms with Gasteiger partial charge in [-0.25, -0.2) is 0 Å². The highest BCUT2D eigenvalue weighted by atomic mass is 35.5. The summed E-state index contributed by atoms with van der Waals surface area (Å²) >= 11 is 0. The summed E-state index contributed by atoms with van der Waals surface area (Å²) in [5, 5.41) is 4.02. The van der Waals surface area contributed by atoms with E-state index in [2.05, 4.69) is 51.6 Å². The molecule has 1 unspecified atom stereocenters. The molecule has 0 saturated carbocycles. The van der Waals surface area contributed by atoms with E-state index in [9.17, 15) is 4.79 Å². The van der Waals surface area contributed by atoms with E-state index in [1.54, 1.807) is 18.3 Å². The summed E-state index contributed by atoms with van der Waals surface area (Å²) in [4.78, 5) is 23.8. The molecule has 5 nitrogen and oxygen atoms in total. The second-order valence-electron chi connectivity index (χ2n) is 8.03. The van der Waals surface area contributed by atoms with Crippen molar-refractivity contribution in [3.05, 3.63) is 95.9 Å². The number of carbonyl (C=O) groups is 1. The number of aromatic nitrogens is 2. The molecule has 0 aliphatic carbocycles. The zero-order valence-electron chi connectivity index (χ0n) is 17.9. The molecule has 1 atom stereocenters. The number of anilines is 2. The van der Waals surface area contributed by atoms with E-state index in [0.717, 1.165) is 41.8 Å². The van der Waals surface area contributed by atoms with E-state index < -0.39 is 0 Å². The summed E-state index contributed by atoms with van der Waals surface area (Å²) < 4.78 is 0. The molecule has 5 rings (SSSR count). The lowest BCUT2D eigenvalue weighted by Crippen LogP contribution is -2.20. The monoisotopic (exact) mass is 444 g/mol. The Balaban J connectivity index is 0.00000245. The van der Waals surface area contributed by atoms with Gasteiger partial charge in [0.15, 0.2) is 0 Å². The molecular formula is C26H25ClN4O. The first kappa shape index (κ1) is 21.8. The molecule has 3 heterocycles. The van der Waals surface area contributed by atoms with Crippen molar-refractivity contribution in [2.24, 2.45) is 0 Å². The van der Waals surface area contributed by atoms with Gasteiger partial charge in [-0.1, -0.05) is 36.4 Å². The minimum Gasteiger partial charge on any atom is -0.370 e. The summed E-state index contributed by atoms with van der Waals surface area (Å²) in [6.07, 6.45) is 2.75. The van der Waals surface area contributed by atoms with Crippen molar-refractivity contribution in [2.75, 3.05) is 23.3 Å². The fourth-order valence-corrected chi connectivity index (χ4v) is 4.34. The maximum absolute atomic E-state index is 12.5. The quantitative estimate of drug-likeness (QED) is 0.444. The van der Waals surface area contributed by atoms with Crippen molar-refractivity contribution in [1.82, 2.24) is 9.97 Å². The maximum atomic E-state index is 12.5. The SMILES string of the molecule is Cc1cc(N2CCC(c3ccccc3)C2)c2cc(NC(=O)c3ccccn3)ccc2n1.Cl. The van der Waals surface area contributed by atoms with Gasteiger partial charge in [-0.2, -0.15) is 0 Å². The molecular weight excluding hydrogens is 420 g/mol. The zero-order chi connectivity index (χ0) is 21.2. The number of rotatable bonds is 4. The van der Waals surface area contributed by atoms with Crippen LogP contribution in [0.4, 0.5) is 11.4 Å². The number of nitrogens with zero attached hydrogens (tertiary/aromatic N) is 3. The maximum Gasteiger partial charge on any atom is 0.274 e. The molecule has 1 amide bonds. The fraction of sp³-hybridized carbons (Fsp3) is 0.192. The molecule has 0 bridgehead atoms. The van der Waals surface area contributed by atoms with Crippen LogP contribution in [0.25, 0.3) is 10.9 Å². The number of pyridine rings is 2. The van der Waals surface area contributed by atoms with Gasteiger partial charge in [0.2, 0.25) is 0 Å². The molecule has 0 radical (unpaired) electrons. The standard InChI is InChI=1S/C26H24N4O.ClH/c1-18-15-25(30-14-12-20(17-30)19-7-3-2-4-8-19)22-16-21(10-11-23(22)28-18)29-26(31)24-9-5-6-13-27-24;/h2-11,13,15-16,20H,12,14,17H2,1H3,(H,29,31);1H. The Bertz CT molecular complexity index is 1230. The van der Waals surface area contributed by atoms with Gasteiger partial charge in [0.25, 0.3) is 5.91 Å². The minimum atomic E-state index is -0.216. The first-order chi connectivity index (χ1) is 15.2. The number of benzene rings is 2. The van der Waals surface area contributed by atoms with Crippen molar-refractivity contribution < 1.29 is 4.79 Å². The van der Waals surface area contributed by atoms with E-state index in [-0.39, 0.29) is 18.3 Å². The highest BCUT2D eigenvalue weighted by Gasteiger charge is 2.25. The van der Waals surface area contributed by atoms with Gasteiger partial charge < -0.3 is 10.2 Å². The largest absolute Gasteiger partial charge is 0.370 e. The summed E-state index contributed by atoms with van der Waals surface area (Å²) in [6.45, 7) is 4.01. The van der Waals surface area contributed by atoms with Crippen molar-refractivity contribution in [2.45, 2.75) is 19.3 Å². The third-order valence-electron chi connectivity index (χ3n) is 5.87. The van der Waals surface area contributed by atoms with Crippen LogP contribution in [-0.2, 0) is 0 Å². The lowest BCUT2D eigenvalue weighted by molar-refractivity contribution is 0.102. The van der Waals surface area contributed by atoms with Crippen molar-refractivity contribution in [3.63, 3.8) is 0 Å². The predicted molar refractivity (Wildman–Crippen MR) is 132 cm³/mol. The second kappa shape index (κ2) is 9.37. The number of aryl methyl sites for hydroxylation is 1. The van der Waals surface area contributed by atoms with Gasteiger partial charge in [0.1, 0.15) is 5.69 Å². The summed E-state index contributed by atoms with van der Waals surface area (Å²) in [5.41, 5.74) is 5.65. The summed E-state index contributed by atoms with van der Waals surface area (Å²) in [7, 11) is 0. The van der Waals surface area contributed by atoms with E-state index in [4.69, 9.17) is 4.98 Å². The first-order valence-corrected chi connectivity index (χ1v) is 10.6. The van der Waals surface area contributed by atoms with Crippen LogP contribution in [0.1, 0.15) is 34.1 Å². The second-order valence-corrected chi connectivity index (χ2v) is 8.03. The van der Waals surface area contributed by atoms with Crippen molar-refractivity contribution in [1.29, 1.82) is 0 Å². The van der Waals surface area contributed by atoms with Crippen LogP contribution in [0.2, 0.25) is 0 Å². The van der Waals surface area contributed by atoms with Crippen LogP contribution in [0.3, 0.4) is 0 Å². The number of fused-ring (bicyclic) bond motifs is 1. The van der Waals surface area contributed by atoms with Gasteiger partial charge in [-0.05, 0) is 55.3 Å². The molecule has 2 aromatic heterocycles. The smallest absolute Gasteiger partial charge is 0.274 e. The number of nitrogens with one attached hydrogen (secondary N) is 1. The molecule has 32 heavy (non-hydrogen) atoms. The predicted octanol–water partition coefficient (Wildman–Crippen LogP) is 5.61. The van der Waals surface area contributed by atoms with E-state index >= 15 is 0 Å². The van der Waals surface area contributed by atoms with Gasteiger partial charge in [-0.3, -0.25) is 14.8 Å². The Kier molecular flexibility index (Phi) is 6.37. The van der Waals surface area contributed by atoms with Crippen LogP contribution >= 0.6 is 12.4 Å². The minimum absolute atomic E-state index is 0. The van der Waals surface area contributed by atoms with Gasteiger partial charge in [0.05, 0.1) is 5.52 Å². The van der Waals surface area contributed by atoms with Crippen molar-refractivity contribution >= 4 is 40.6 Å². The molecule has 0 spiro atoms.